The highest BCUT2D eigenvalue weighted by Crippen LogP contribution is 2.14. The van der Waals surface area contributed by atoms with Gasteiger partial charge in [0.1, 0.15) is 6.04 Å². The van der Waals surface area contributed by atoms with Crippen molar-refractivity contribution in [2.24, 2.45) is 17.6 Å². The molecule has 0 aliphatic carbocycles. The molecule has 11 nitrogen and oxygen atoms in total. The molecule has 1 aliphatic heterocycles. The van der Waals surface area contributed by atoms with Crippen LogP contribution in [0.25, 0.3) is 0 Å². The van der Waals surface area contributed by atoms with Crippen LogP contribution in [-0.2, 0) is 33.5 Å². The number of esters is 1. The number of ether oxygens (including phenoxy) is 1. The Morgan fingerprint density at radius 3 is 2.14 bits per heavy atom. The van der Waals surface area contributed by atoms with Crippen LogP contribution >= 0.6 is 0 Å². The van der Waals surface area contributed by atoms with Crippen molar-refractivity contribution < 1.29 is 33.5 Å². The van der Waals surface area contributed by atoms with Gasteiger partial charge in [0.2, 0.25) is 11.8 Å². The average Bonchev–Trinajstić information content (AvgIpc) is 3.22. The van der Waals surface area contributed by atoms with Gasteiger partial charge >= 0.3 is 5.97 Å². The van der Waals surface area contributed by atoms with E-state index in [1.807, 2.05) is 13.8 Å². The molecule has 238 valence electrons. The minimum atomic E-state index is -1.39. The Kier molecular flexibility index (Phi) is 16.5. The number of carbonyl (C=O) groups excluding carboxylic acids is 6. The molecule has 0 aromatic heterocycles. The number of ketones is 1. The SMILES string of the molecule is CC(C)[C@H](NC(=O)CCCCCN1C(=O)C=CC1=O)C(=O)C[C@@H](C)C(=O)N[C@@H](CCCCN)C(=O)OCC[Si](C)(C)C. The molecule has 0 aromatic rings. The summed E-state index contributed by atoms with van der Waals surface area (Å²) in [5.74, 6) is -2.93. The zero-order chi connectivity index (χ0) is 31.9. The molecule has 1 rings (SSSR count). The van der Waals surface area contributed by atoms with Gasteiger partial charge in [0.15, 0.2) is 5.78 Å². The maximum Gasteiger partial charge on any atom is 0.328 e. The van der Waals surface area contributed by atoms with Crippen LogP contribution in [0.5, 0.6) is 0 Å². The third kappa shape index (κ3) is 14.3. The lowest BCUT2D eigenvalue weighted by Crippen LogP contribution is -2.47. The van der Waals surface area contributed by atoms with Crippen molar-refractivity contribution in [2.75, 3.05) is 19.7 Å². The quantitative estimate of drug-likeness (QED) is 0.0775. The Morgan fingerprint density at radius 1 is 0.929 bits per heavy atom. The molecule has 0 saturated heterocycles. The van der Waals surface area contributed by atoms with E-state index in [1.165, 1.54) is 17.1 Å². The Hall–Kier alpha value is -2.86. The molecule has 0 unspecified atom stereocenters. The summed E-state index contributed by atoms with van der Waals surface area (Å²) in [7, 11) is -1.39. The van der Waals surface area contributed by atoms with Crippen LogP contribution in [-0.4, -0.2) is 80.1 Å². The van der Waals surface area contributed by atoms with Gasteiger partial charge in [0, 0.05) is 45.5 Å². The molecular weight excluding hydrogens is 556 g/mol. The van der Waals surface area contributed by atoms with Gasteiger partial charge in [-0.25, -0.2) is 4.79 Å². The number of hydrogen-bond acceptors (Lipinski definition) is 8. The fraction of sp³-hybridized carbons (Fsp3) is 0.733. The van der Waals surface area contributed by atoms with E-state index in [2.05, 4.69) is 30.3 Å². The summed E-state index contributed by atoms with van der Waals surface area (Å²) < 4.78 is 5.47. The first-order chi connectivity index (χ1) is 19.7. The minimum Gasteiger partial charge on any atom is -0.464 e. The summed E-state index contributed by atoms with van der Waals surface area (Å²) >= 11 is 0. The van der Waals surface area contributed by atoms with Gasteiger partial charge in [-0.15, -0.1) is 0 Å². The largest absolute Gasteiger partial charge is 0.464 e. The maximum absolute atomic E-state index is 13.1. The van der Waals surface area contributed by atoms with Gasteiger partial charge in [0.05, 0.1) is 12.6 Å². The molecule has 1 aliphatic rings. The van der Waals surface area contributed by atoms with Crippen molar-refractivity contribution in [1.29, 1.82) is 0 Å². The van der Waals surface area contributed by atoms with Crippen LogP contribution in [0.3, 0.4) is 0 Å². The molecule has 3 atom stereocenters. The standard InChI is InChI=1S/C30H52N4O7Si/c1-21(2)28(33-25(36)13-8-7-11-17-34-26(37)14-15-27(34)38)24(35)20-22(3)29(39)32-23(12-9-10-16-31)30(40)41-18-19-42(4,5)6/h14-15,21-23,28H,7-13,16-20,31H2,1-6H3,(H,32,39)(H,33,36)/t22-,23+,28+/m1/s1. The molecule has 0 bridgehead atoms. The predicted molar refractivity (Wildman–Crippen MR) is 164 cm³/mol. The first-order valence-electron chi connectivity index (χ1n) is 15.2. The maximum atomic E-state index is 13.1. The van der Waals surface area contributed by atoms with Crippen molar-refractivity contribution >= 4 is 43.5 Å². The number of unbranched alkanes of at least 4 members (excludes halogenated alkanes) is 3. The Balaban J connectivity index is 2.58. The average molecular weight is 609 g/mol. The van der Waals surface area contributed by atoms with E-state index in [0.717, 1.165) is 6.04 Å². The van der Waals surface area contributed by atoms with Crippen molar-refractivity contribution in [3.05, 3.63) is 12.2 Å². The van der Waals surface area contributed by atoms with Crippen LogP contribution < -0.4 is 16.4 Å². The number of carbonyl (C=O) groups is 6. The number of nitrogens with two attached hydrogens (primary N) is 1. The zero-order valence-corrected chi connectivity index (χ0v) is 27.3. The third-order valence-electron chi connectivity index (χ3n) is 7.12. The van der Waals surface area contributed by atoms with E-state index in [-0.39, 0.29) is 42.3 Å². The lowest BCUT2D eigenvalue weighted by atomic mass is 9.92. The van der Waals surface area contributed by atoms with Gasteiger partial charge in [-0.2, -0.15) is 0 Å². The number of imide groups is 1. The van der Waals surface area contributed by atoms with Crippen molar-refractivity contribution in [3.63, 3.8) is 0 Å². The summed E-state index contributed by atoms with van der Waals surface area (Å²) in [6.07, 6.45) is 6.18. The summed E-state index contributed by atoms with van der Waals surface area (Å²) in [6.45, 7) is 13.0. The fourth-order valence-electron chi connectivity index (χ4n) is 4.38. The lowest BCUT2D eigenvalue weighted by molar-refractivity contribution is -0.148. The van der Waals surface area contributed by atoms with Crippen LogP contribution in [0, 0.1) is 11.8 Å². The van der Waals surface area contributed by atoms with Crippen molar-refractivity contribution in [3.8, 4) is 0 Å². The predicted octanol–water partition coefficient (Wildman–Crippen LogP) is 2.70. The van der Waals surface area contributed by atoms with E-state index >= 15 is 0 Å². The molecular formula is C30H52N4O7Si. The van der Waals surface area contributed by atoms with E-state index in [4.69, 9.17) is 10.5 Å². The zero-order valence-electron chi connectivity index (χ0n) is 26.3. The van der Waals surface area contributed by atoms with Crippen molar-refractivity contribution in [2.45, 2.75) is 110 Å². The summed E-state index contributed by atoms with van der Waals surface area (Å²) in [5, 5.41) is 5.57. The Labute approximate surface area is 251 Å². The molecule has 0 radical (unpaired) electrons. The normalized spacial score (nSPS) is 15.5. The highest BCUT2D eigenvalue weighted by atomic mass is 28.3. The summed E-state index contributed by atoms with van der Waals surface area (Å²) in [5.41, 5.74) is 5.59. The Morgan fingerprint density at radius 2 is 1.57 bits per heavy atom. The fourth-order valence-corrected chi connectivity index (χ4v) is 5.10. The van der Waals surface area contributed by atoms with E-state index < -0.39 is 38.0 Å². The molecule has 0 fully saturated rings. The van der Waals surface area contributed by atoms with E-state index in [0.29, 0.717) is 58.2 Å². The molecule has 0 aromatic carbocycles. The second kappa shape index (κ2) is 18.6. The molecule has 12 heteroatoms. The van der Waals surface area contributed by atoms with Gasteiger partial charge < -0.3 is 21.1 Å². The monoisotopic (exact) mass is 608 g/mol. The smallest absolute Gasteiger partial charge is 0.328 e. The molecule has 0 spiro atoms. The second-order valence-electron chi connectivity index (χ2n) is 12.7. The van der Waals surface area contributed by atoms with Gasteiger partial charge in [-0.05, 0) is 50.6 Å². The number of nitrogens with zero attached hydrogens (tertiary/aromatic N) is 1. The molecule has 1 heterocycles. The highest BCUT2D eigenvalue weighted by molar-refractivity contribution is 6.76. The molecule has 4 amide bonds. The number of rotatable bonds is 21. The number of nitrogens with one attached hydrogen (secondary N) is 2. The summed E-state index contributed by atoms with van der Waals surface area (Å²) in [6, 6.07) is -0.722. The number of Topliss-reactive ketones (excluding diaryl/α,β-unsaturated/α-hetero) is 1. The van der Waals surface area contributed by atoms with Gasteiger partial charge in [-0.3, -0.25) is 28.9 Å². The van der Waals surface area contributed by atoms with Crippen LogP contribution in [0.2, 0.25) is 25.7 Å². The topological polar surface area (TPSA) is 165 Å². The minimum absolute atomic E-state index is 0.0823. The molecule has 0 saturated carbocycles. The third-order valence-corrected chi connectivity index (χ3v) is 8.82. The van der Waals surface area contributed by atoms with E-state index in [1.54, 1.807) is 6.92 Å². The van der Waals surface area contributed by atoms with E-state index in [9.17, 15) is 28.8 Å². The Bertz CT molecular complexity index is 959. The molecule has 42 heavy (non-hydrogen) atoms. The first kappa shape index (κ1) is 37.2. The van der Waals surface area contributed by atoms with Crippen LogP contribution in [0.4, 0.5) is 0 Å². The lowest BCUT2D eigenvalue weighted by Gasteiger charge is -2.24. The van der Waals surface area contributed by atoms with Gasteiger partial charge in [-0.1, -0.05) is 46.8 Å². The van der Waals surface area contributed by atoms with Gasteiger partial charge in [0.25, 0.3) is 11.8 Å². The second-order valence-corrected chi connectivity index (χ2v) is 18.3. The van der Waals surface area contributed by atoms with Crippen LogP contribution in [0.15, 0.2) is 12.2 Å². The highest BCUT2D eigenvalue weighted by Gasteiger charge is 2.30. The number of amides is 4. The summed E-state index contributed by atoms with van der Waals surface area (Å²) in [4.78, 5) is 75.8. The number of hydrogen-bond donors (Lipinski definition) is 3. The van der Waals surface area contributed by atoms with Crippen molar-refractivity contribution in [1.82, 2.24) is 15.5 Å². The first-order valence-corrected chi connectivity index (χ1v) is 18.9. The molecule has 4 N–H and O–H groups in total. The van der Waals surface area contributed by atoms with Crippen LogP contribution in [0.1, 0.15) is 72.1 Å².